The molecule has 0 aliphatic carbocycles. The zero-order valence-electron chi connectivity index (χ0n) is 13.3. The topological polar surface area (TPSA) is 53.3 Å². The van der Waals surface area contributed by atoms with E-state index in [0.29, 0.717) is 24.2 Å². The van der Waals surface area contributed by atoms with Crippen LogP contribution in [-0.2, 0) is 4.74 Å². The molecule has 0 bridgehead atoms. The maximum absolute atomic E-state index is 13.1. The van der Waals surface area contributed by atoms with Crippen LogP contribution in [0.15, 0.2) is 48.5 Å². The quantitative estimate of drug-likeness (QED) is 0.852. The van der Waals surface area contributed by atoms with Gasteiger partial charge in [0.05, 0.1) is 24.3 Å². The Morgan fingerprint density at radius 3 is 2.71 bits per heavy atom. The summed E-state index contributed by atoms with van der Waals surface area (Å²) in [6.07, 6.45) is -0.422. The van der Waals surface area contributed by atoms with Gasteiger partial charge in [-0.25, -0.2) is 4.39 Å². The summed E-state index contributed by atoms with van der Waals surface area (Å²) in [5, 5.41) is 8.98. The van der Waals surface area contributed by atoms with E-state index in [1.54, 1.807) is 41.3 Å². The molecule has 1 fully saturated rings. The Hall–Kier alpha value is -2.71. The molecule has 3 rings (SSSR count). The summed E-state index contributed by atoms with van der Waals surface area (Å²) in [7, 11) is 0. The van der Waals surface area contributed by atoms with E-state index in [9.17, 15) is 9.18 Å². The molecule has 2 atom stereocenters. The minimum atomic E-state index is -0.302. The molecule has 0 radical (unpaired) electrons. The number of benzene rings is 2. The average Bonchev–Trinajstić information content (AvgIpc) is 2.61. The fraction of sp³-hybridized carbons (Fsp3) is 0.263. The molecule has 1 saturated heterocycles. The first-order chi connectivity index (χ1) is 11.6. The van der Waals surface area contributed by atoms with Crippen molar-refractivity contribution in [2.45, 2.75) is 19.1 Å². The summed E-state index contributed by atoms with van der Waals surface area (Å²) in [6, 6.07) is 14.8. The minimum absolute atomic E-state index is 0.128. The zero-order valence-corrected chi connectivity index (χ0v) is 13.3. The van der Waals surface area contributed by atoms with Gasteiger partial charge in [0.25, 0.3) is 5.91 Å². The summed E-state index contributed by atoms with van der Waals surface area (Å²) in [4.78, 5) is 14.5. The standard InChI is InChI=1S/C19H17FN2O2/c1-13-11-22(19(23)16-4-2-3-14(9-16)10-21)12-18(24-13)15-5-7-17(20)8-6-15/h2-9,13,18H,11-12H2,1H3. The van der Waals surface area contributed by atoms with Gasteiger partial charge in [-0.05, 0) is 42.8 Å². The first kappa shape index (κ1) is 16.2. The highest BCUT2D eigenvalue weighted by Gasteiger charge is 2.30. The van der Waals surface area contributed by atoms with E-state index in [4.69, 9.17) is 10.00 Å². The van der Waals surface area contributed by atoms with Crippen LogP contribution in [0.1, 0.15) is 34.5 Å². The van der Waals surface area contributed by atoms with Crippen molar-refractivity contribution in [2.75, 3.05) is 13.1 Å². The fourth-order valence-electron chi connectivity index (χ4n) is 2.88. The van der Waals surface area contributed by atoms with E-state index in [-0.39, 0.29) is 23.9 Å². The number of morpholine rings is 1. The Morgan fingerprint density at radius 2 is 2.00 bits per heavy atom. The second kappa shape index (κ2) is 6.81. The number of rotatable bonds is 2. The molecule has 2 aromatic carbocycles. The van der Waals surface area contributed by atoms with Crippen molar-refractivity contribution in [2.24, 2.45) is 0 Å². The van der Waals surface area contributed by atoms with Gasteiger partial charge in [-0.3, -0.25) is 4.79 Å². The smallest absolute Gasteiger partial charge is 0.254 e. The molecule has 1 amide bonds. The van der Waals surface area contributed by atoms with E-state index < -0.39 is 0 Å². The highest BCUT2D eigenvalue weighted by Crippen LogP contribution is 2.26. The SMILES string of the molecule is CC1CN(C(=O)c2cccc(C#N)c2)CC(c2ccc(F)cc2)O1. The fourth-order valence-corrected chi connectivity index (χ4v) is 2.88. The number of carbonyl (C=O) groups excluding carboxylic acids is 1. The number of halogens is 1. The number of ether oxygens (including phenoxy) is 1. The number of nitrogens with zero attached hydrogens (tertiary/aromatic N) is 2. The number of nitriles is 1. The Kier molecular flexibility index (Phi) is 4.59. The number of carbonyl (C=O) groups is 1. The number of amides is 1. The molecule has 0 aromatic heterocycles. The molecule has 24 heavy (non-hydrogen) atoms. The molecular formula is C19H17FN2O2. The van der Waals surface area contributed by atoms with Gasteiger partial charge < -0.3 is 9.64 Å². The highest BCUT2D eigenvalue weighted by molar-refractivity contribution is 5.94. The second-order valence-electron chi connectivity index (χ2n) is 5.89. The van der Waals surface area contributed by atoms with Gasteiger partial charge in [-0.1, -0.05) is 18.2 Å². The van der Waals surface area contributed by atoms with E-state index in [2.05, 4.69) is 0 Å². The zero-order chi connectivity index (χ0) is 17.1. The van der Waals surface area contributed by atoms with Gasteiger partial charge in [-0.15, -0.1) is 0 Å². The average molecular weight is 324 g/mol. The molecular weight excluding hydrogens is 307 g/mol. The molecule has 1 heterocycles. The molecule has 0 saturated carbocycles. The van der Waals surface area contributed by atoms with Crippen LogP contribution in [0.2, 0.25) is 0 Å². The van der Waals surface area contributed by atoms with E-state index in [1.807, 2.05) is 13.0 Å². The van der Waals surface area contributed by atoms with Crippen LogP contribution in [0, 0.1) is 17.1 Å². The van der Waals surface area contributed by atoms with Crippen molar-refractivity contribution >= 4 is 5.91 Å². The summed E-state index contributed by atoms with van der Waals surface area (Å²) >= 11 is 0. The van der Waals surface area contributed by atoms with Crippen molar-refractivity contribution in [1.82, 2.24) is 4.90 Å². The number of hydrogen-bond donors (Lipinski definition) is 0. The van der Waals surface area contributed by atoms with Crippen molar-refractivity contribution in [1.29, 1.82) is 5.26 Å². The van der Waals surface area contributed by atoms with E-state index in [0.717, 1.165) is 5.56 Å². The third-order valence-electron chi connectivity index (χ3n) is 4.03. The molecule has 1 aliphatic rings. The minimum Gasteiger partial charge on any atom is -0.367 e. The van der Waals surface area contributed by atoms with Crippen molar-refractivity contribution in [3.05, 3.63) is 71.0 Å². The third-order valence-corrected chi connectivity index (χ3v) is 4.03. The predicted octanol–water partition coefficient (Wildman–Crippen LogP) is 3.30. The van der Waals surface area contributed by atoms with Gasteiger partial charge in [0, 0.05) is 12.1 Å². The normalized spacial score (nSPS) is 20.5. The summed E-state index contributed by atoms with van der Waals surface area (Å²) in [5.74, 6) is -0.432. The molecule has 122 valence electrons. The van der Waals surface area contributed by atoms with Crippen LogP contribution < -0.4 is 0 Å². The lowest BCUT2D eigenvalue weighted by atomic mass is 10.0. The highest BCUT2D eigenvalue weighted by atomic mass is 19.1. The lowest BCUT2D eigenvalue weighted by Crippen LogP contribution is -2.46. The maximum Gasteiger partial charge on any atom is 0.254 e. The lowest BCUT2D eigenvalue weighted by molar-refractivity contribution is -0.0691. The largest absolute Gasteiger partial charge is 0.367 e. The second-order valence-corrected chi connectivity index (χ2v) is 5.89. The predicted molar refractivity (Wildman–Crippen MR) is 86.7 cm³/mol. The van der Waals surface area contributed by atoms with Crippen LogP contribution in [0.4, 0.5) is 4.39 Å². The monoisotopic (exact) mass is 324 g/mol. The Morgan fingerprint density at radius 1 is 1.25 bits per heavy atom. The van der Waals surface area contributed by atoms with Gasteiger partial charge in [0.1, 0.15) is 11.9 Å². The van der Waals surface area contributed by atoms with Crippen molar-refractivity contribution in [3.8, 4) is 6.07 Å². The van der Waals surface area contributed by atoms with Crippen molar-refractivity contribution < 1.29 is 13.9 Å². The van der Waals surface area contributed by atoms with Crippen LogP contribution in [-0.4, -0.2) is 30.0 Å². The Balaban J connectivity index is 1.81. The summed E-state index contributed by atoms with van der Waals surface area (Å²) < 4.78 is 19.0. The van der Waals surface area contributed by atoms with Gasteiger partial charge in [-0.2, -0.15) is 5.26 Å². The maximum atomic E-state index is 13.1. The Bertz CT molecular complexity index is 783. The molecule has 2 aromatic rings. The third kappa shape index (κ3) is 3.44. The molecule has 5 heteroatoms. The van der Waals surface area contributed by atoms with E-state index in [1.165, 1.54) is 12.1 Å². The summed E-state index contributed by atoms with van der Waals surface area (Å²) in [6.45, 7) is 2.78. The van der Waals surface area contributed by atoms with Crippen molar-refractivity contribution in [3.63, 3.8) is 0 Å². The number of hydrogen-bond acceptors (Lipinski definition) is 3. The molecule has 0 N–H and O–H groups in total. The first-order valence-corrected chi connectivity index (χ1v) is 7.77. The van der Waals surface area contributed by atoms with Gasteiger partial charge >= 0.3 is 0 Å². The molecule has 2 unspecified atom stereocenters. The van der Waals surface area contributed by atoms with Crippen LogP contribution in [0.5, 0.6) is 0 Å². The van der Waals surface area contributed by atoms with Crippen LogP contribution >= 0.6 is 0 Å². The van der Waals surface area contributed by atoms with Crippen LogP contribution in [0.25, 0.3) is 0 Å². The van der Waals surface area contributed by atoms with E-state index >= 15 is 0 Å². The lowest BCUT2D eigenvalue weighted by Gasteiger charge is -2.37. The Labute approximate surface area is 140 Å². The van der Waals surface area contributed by atoms with Crippen LogP contribution in [0.3, 0.4) is 0 Å². The molecule has 0 spiro atoms. The molecule has 1 aliphatic heterocycles. The molecule has 4 nitrogen and oxygen atoms in total. The van der Waals surface area contributed by atoms with Gasteiger partial charge in [0.15, 0.2) is 0 Å². The van der Waals surface area contributed by atoms with Gasteiger partial charge in [0.2, 0.25) is 0 Å². The first-order valence-electron chi connectivity index (χ1n) is 7.77. The summed E-state index contributed by atoms with van der Waals surface area (Å²) in [5.41, 5.74) is 1.78.